The highest BCUT2D eigenvalue weighted by molar-refractivity contribution is 5.79. The SMILES string of the molecule is Nc1cccc2c1CCN(C(=O)C1CCC(F)(F)CC1)C2. The Bertz CT molecular complexity index is 549. The van der Waals surface area contributed by atoms with Gasteiger partial charge in [0.15, 0.2) is 0 Å². The molecule has 0 spiro atoms. The molecule has 1 aliphatic heterocycles. The maximum absolute atomic E-state index is 13.2. The van der Waals surface area contributed by atoms with Crippen LogP contribution >= 0.6 is 0 Å². The fraction of sp³-hybridized carbons (Fsp3) is 0.562. The number of nitrogen functional groups attached to an aromatic ring is 1. The number of alkyl halides is 2. The van der Waals surface area contributed by atoms with E-state index in [9.17, 15) is 13.6 Å². The smallest absolute Gasteiger partial charge is 0.248 e. The van der Waals surface area contributed by atoms with Gasteiger partial charge in [-0.3, -0.25) is 4.79 Å². The van der Waals surface area contributed by atoms with E-state index in [0.29, 0.717) is 25.9 Å². The first-order valence-corrected chi connectivity index (χ1v) is 7.49. The molecule has 21 heavy (non-hydrogen) atoms. The van der Waals surface area contributed by atoms with Crippen LogP contribution in [0.25, 0.3) is 0 Å². The molecule has 0 bridgehead atoms. The van der Waals surface area contributed by atoms with E-state index >= 15 is 0 Å². The Labute approximate surface area is 123 Å². The van der Waals surface area contributed by atoms with E-state index in [0.717, 1.165) is 23.2 Å². The number of amides is 1. The summed E-state index contributed by atoms with van der Waals surface area (Å²) >= 11 is 0. The predicted molar refractivity (Wildman–Crippen MR) is 76.9 cm³/mol. The number of rotatable bonds is 1. The number of carbonyl (C=O) groups excluding carboxylic acids is 1. The lowest BCUT2D eigenvalue weighted by Crippen LogP contribution is -2.42. The number of carbonyl (C=O) groups is 1. The summed E-state index contributed by atoms with van der Waals surface area (Å²) in [5, 5.41) is 0. The Kier molecular flexibility index (Phi) is 3.59. The fourth-order valence-corrected chi connectivity index (χ4v) is 3.37. The lowest BCUT2D eigenvalue weighted by atomic mass is 9.85. The molecule has 0 radical (unpaired) electrons. The minimum absolute atomic E-state index is 0.0265. The molecular weight excluding hydrogens is 274 g/mol. The Morgan fingerprint density at radius 2 is 2.00 bits per heavy atom. The van der Waals surface area contributed by atoms with Crippen molar-refractivity contribution in [3.05, 3.63) is 29.3 Å². The molecule has 1 heterocycles. The van der Waals surface area contributed by atoms with Gasteiger partial charge in [0.05, 0.1) is 0 Å². The molecule has 0 unspecified atom stereocenters. The predicted octanol–water partition coefficient (Wildman–Crippen LogP) is 2.98. The van der Waals surface area contributed by atoms with E-state index in [2.05, 4.69) is 0 Å². The van der Waals surface area contributed by atoms with Crippen LogP contribution in [0.3, 0.4) is 0 Å². The molecule has 114 valence electrons. The minimum Gasteiger partial charge on any atom is -0.398 e. The summed E-state index contributed by atoms with van der Waals surface area (Å²) < 4.78 is 26.4. The molecule has 3 rings (SSSR count). The van der Waals surface area contributed by atoms with Gasteiger partial charge in [-0.2, -0.15) is 0 Å². The highest BCUT2D eigenvalue weighted by atomic mass is 19.3. The zero-order valence-electron chi connectivity index (χ0n) is 11.9. The Morgan fingerprint density at radius 1 is 1.29 bits per heavy atom. The summed E-state index contributed by atoms with van der Waals surface area (Å²) in [7, 11) is 0. The zero-order valence-corrected chi connectivity index (χ0v) is 11.9. The van der Waals surface area contributed by atoms with Gasteiger partial charge in [-0.15, -0.1) is 0 Å². The van der Waals surface area contributed by atoms with Gasteiger partial charge in [-0.25, -0.2) is 8.78 Å². The van der Waals surface area contributed by atoms with Crippen LogP contribution in [0, 0.1) is 5.92 Å². The maximum Gasteiger partial charge on any atom is 0.248 e. The average molecular weight is 294 g/mol. The second-order valence-electron chi connectivity index (χ2n) is 6.12. The van der Waals surface area contributed by atoms with Gasteiger partial charge in [-0.05, 0) is 36.5 Å². The Hall–Kier alpha value is -1.65. The molecule has 2 aliphatic rings. The summed E-state index contributed by atoms with van der Waals surface area (Å²) in [6.07, 6.45) is 1.01. The number of nitrogens with two attached hydrogens (primary N) is 1. The second-order valence-corrected chi connectivity index (χ2v) is 6.12. The summed E-state index contributed by atoms with van der Waals surface area (Å²) in [6, 6.07) is 5.75. The first-order valence-electron chi connectivity index (χ1n) is 7.49. The summed E-state index contributed by atoms with van der Waals surface area (Å²) in [4.78, 5) is 14.3. The number of fused-ring (bicyclic) bond motifs is 1. The van der Waals surface area contributed by atoms with Crippen LogP contribution in [0.4, 0.5) is 14.5 Å². The van der Waals surface area contributed by atoms with Crippen molar-refractivity contribution in [1.82, 2.24) is 4.90 Å². The monoisotopic (exact) mass is 294 g/mol. The molecule has 0 saturated heterocycles. The largest absolute Gasteiger partial charge is 0.398 e. The Balaban J connectivity index is 1.68. The minimum atomic E-state index is -2.58. The van der Waals surface area contributed by atoms with Crippen LogP contribution in [0.2, 0.25) is 0 Å². The van der Waals surface area contributed by atoms with Crippen LogP contribution in [0.5, 0.6) is 0 Å². The third kappa shape index (κ3) is 2.87. The van der Waals surface area contributed by atoms with Gasteiger partial charge in [0.1, 0.15) is 0 Å². The molecule has 1 aliphatic carbocycles. The van der Waals surface area contributed by atoms with E-state index < -0.39 is 5.92 Å². The third-order valence-electron chi connectivity index (χ3n) is 4.68. The number of nitrogens with zero attached hydrogens (tertiary/aromatic N) is 1. The van der Waals surface area contributed by atoms with Crippen LogP contribution in [0.1, 0.15) is 36.8 Å². The van der Waals surface area contributed by atoms with Crippen LogP contribution in [-0.4, -0.2) is 23.3 Å². The molecule has 0 aromatic heterocycles. The van der Waals surface area contributed by atoms with Crippen LogP contribution in [-0.2, 0) is 17.8 Å². The maximum atomic E-state index is 13.2. The van der Waals surface area contributed by atoms with E-state index in [1.165, 1.54) is 0 Å². The number of benzene rings is 1. The van der Waals surface area contributed by atoms with Crippen molar-refractivity contribution in [2.75, 3.05) is 12.3 Å². The van der Waals surface area contributed by atoms with Gasteiger partial charge in [0, 0.05) is 37.5 Å². The molecule has 1 fully saturated rings. The topological polar surface area (TPSA) is 46.3 Å². The van der Waals surface area contributed by atoms with E-state index in [1.807, 2.05) is 18.2 Å². The van der Waals surface area contributed by atoms with Crippen LogP contribution in [0.15, 0.2) is 18.2 Å². The van der Waals surface area contributed by atoms with Crippen molar-refractivity contribution in [3.63, 3.8) is 0 Å². The summed E-state index contributed by atoms with van der Waals surface area (Å²) in [6.45, 7) is 1.18. The third-order valence-corrected chi connectivity index (χ3v) is 4.68. The molecule has 3 nitrogen and oxygen atoms in total. The van der Waals surface area contributed by atoms with Crippen LogP contribution < -0.4 is 5.73 Å². The molecule has 1 aromatic carbocycles. The van der Waals surface area contributed by atoms with Gasteiger partial charge in [-0.1, -0.05) is 12.1 Å². The van der Waals surface area contributed by atoms with E-state index in [4.69, 9.17) is 5.73 Å². The number of halogens is 2. The van der Waals surface area contributed by atoms with Gasteiger partial charge in [0.2, 0.25) is 11.8 Å². The van der Waals surface area contributed by atoms with Crippen molar-refractivity contribution in [3.8, 4) is 0 Å². The van der Waals surface area contributed by atoms with Crippen molar-refractivity contribution in [2.45, 2.75) is 44.6 Å². The molecule has 1 saturated carbocycles. The van der Waals surface area contributed by atoms with Crippen molar-refractivity contribution >= 4 is 11.6 Å². The lowest BCUT2D eigenvalue weighted by Gasteiger charge is -2.35. The van der Waals surface area contributed by atoms with Gasteiger partial charge >= 0.3 is 0 Å². The van der Waals surface area contributed by atoms with E-state index in [1.54, 1.807) is 4.90 Å². The summed E-state index contributed by atoms with van der Waals surface area (Å²) in [5.74, 6) is -2.80. The lowest BCUT2D eigenvalue weighted by molar-refractivity contribution is -0.140. The van der Waals surface area contributed by atoms with Gasteiger partial charge in [0.25, 0.3) is 0 Å². The highest BCUT2D eigenvalue weighted by Gasteiger charge is 2.39. The fourth-order valence-electron chi connectivity index (χ4n) is 3.37. The highest BCUT2D eigenvalue weighted by Crippen LogP contribution is 2.37. The van der Waals surface area contributed by atoms with Gasteiger partial charge < -0.3 is 10.6 Å². The normalized spacial score (nSPS) is 21.9. The molecule has 1 amide bonds. The van der Waals surface area contributed by atoms with E-state index in [-0.39, 0.29) is 24.7 Å². The standard InChI is InChI=1S/C16H20F2N2O/c17-16(18)7-4-11(5-8-16)15(21)20-9-6-13-12(10-20)2-1-3-14(13)19/h1-3,11H,4-10,19H2. The van der Waals surface area contributed by atoms with Crippen molar-refractivity contribution in [1.29, 1.82) is 0 Å². The van der Waals surface area contributed by atoms with Crippen molar-refractivity contribution < 1.29 is 13.6 Å². The molecule has 1 aromatic rings. The quantitative estimate of drug-likeness (QED) is 0.809. The summed E-state index contributed by atoms with van der Waals surface area (Å²) in [5.41, 5.74) is 8.93. The molecule has 2 N–H and O–H groups in total. The zero-order chi connectivity index (χ0) is 15.0. The molecule has 5 heteroatoms. The van der Waals surface area contributed by atoms with Crippen molar-refractivity contribution in [2.24, 2.45) is 5.92 Å². The first-order chi connectivity index (χ1) is 9.96. The average Bonchev–Trinajstić information content (AvgIpc) is 2.46. The molecule has 0 atom stereocenters. The second kappa shape index (κ2) is 5.28. The number of hydrogen-bond donors (Lipinski definition) is 1. The number of anilines is 1. The number of hydrogen-bond acceptors (Lipinski definition) is 2. The molecular formula is C16H20F2N2O. The first kappa shape index (κ1) is 14.3. The Morgan fingerprint density at radius 3 is 2.71 bits per heavy atom.